The molecule has 1 aliphatic carbocycles. The van der Waals surface area contributed by atoms with Gasteiger partial charge in [0.15, 0.2) is 0 Å². The molecule has 1 saturated carbocycles. The first-order chi connectivity index (χ1) is 7.78. The Hall–Kier alpha value is -1.02. The van der Waals surface area contributed by atoms with Gasteiger partial charge < -0.3 is 5.32 Å². The maximum absolute atomic E-state index is 11.6. The molecule has 0 bridgehead atoms. The van der Waals surface area contributed by atoms with Crippen molar-refractivity contribution in [2.75, 3.05) is 5.32 Å². The Morgan fingerprint density at radius 3 is 2.50 bits per heavy atom. The highest BCUT2D eigenvalue weighted by molar-refractivity contribution is 6.17. The number of halogens is 1. The van der Waals surface area contributed by atoms with Crippen molar-refractivity contribution in [2.45, 2.75) is 31.6 Å². The Labute approximate surface area is 101 Å². The summed E-state index contributed by atoms with van der Waals surface area (Å²) in [6.45, 7) is 0. The smallest absolute Gasteiger partial charge is 0.224 e. The van der Waals surface area contributed by atoms with Gasteiger partial charge in [0.25, 0.3) is 0 Å². The van der Waals surface area contributed by atoms with Crippen LogP contribution in [0.4, 0.5) is 5.69 Å². The maximum atomic E-state index is 11.6. The molecule has 1 aliphatic rings. The summed E-state index contributed by atoms with van der Waals surface area (Å²) in [5.74, 6) is 1.25. The van der Waals surface area contributed by atoms with Crippen LogP contribution in [0, 0.1) is 5.92 Å². The van der Waals surface area contributed by atoms with Gasteiger partial charge in [-0.05, 0) is 36.5 Å². The summed E-state index contributed by atoms with van der Waals surface area (Å²) in [6, 6.07) is 7.67. The predicted octanol–water partition coefficient (Wildman–Crippen LogP) is 3.55. The summed E-state index contributed by atoms with van der Waals surface area (Å²) in [7, 11) is 0. The van der Waals surface area contributed by atoms with Gasteiger partial charge in [-0.3, -0.25) is 4.79 Å². The summed E-state index contributed by atoms with van der Waals surface area (Å²) >= 11 is 5.69. The van der Waals surface area contributed by atoms with E-state index in [1.807, 2.05) is 24.3 Å². The topological polar surface area (TPSA) is 29.1 Å². The SMILES string of the molecule is O=C(CC1CCC1)Nc1ccc(CCl)cc1. The molecule has 0 aromatic heterocycles. The third kappa shape index (κ3) is 2.99. The Kier molecular flexibility index (Phi) is 3.83. The van der Waals surface area contributed by atoms with Crippen molar-refractivity contribution in [1.82, 2.24) is 0 Å². The summed E-state index contributed by atoms with van der Waals surface area (Å²) in [4.78, 5) is 11.6. The van der Waals surface area contributed by atoms with E-state index in [0.29, 0.717) is 18.2 Å². The normalized spacial score (nSPS) is 15.6. The van der Waals surface area contributed by atoms with Gasteiger partial charge in [-0.15, -0.1) is 11.6 Å². The van der Waals surface area contributed by atoms with Gasteiger partial charge in [0, 0.05) is 18.0 Å². The number of carbonyl (C=O) groups excluding carboxylic acids is 1. The van der Waals surface area contributed by atoms with Crippen LogP contribution in [0.3, 0.4) is 0 Å². The van der Waals surface area contributed by atoms with E-state index in [2.05, 4.69) is 5.32 Å². The summed E-state index contributed by atoms with van der Waals surface area (Å²) in [5, 5.41) is 2.91. The van der Waals surface area contributed by atoms with Crippen LogP contribution < -0.4 is 5.32 Å². The molecule has 16 heavy (non-hydrogen) atoms. The Bertz CT molecular complexity index is 357. The van der Waals surface area contributed by atoms with Crippen LogP contribution in [0.2, 0.25) is 0 Å². The summed E-state index contributed by atoms with van der Waals surface area (Å²) in [5.41, 5.74) is 1.93. The van der Waals surface area contributed by atoms with E-state index < -0.39 is 0 Å². The molecule has 0 atom stereocenters. The second kappa shape index (κ2) is 5.35. The van der Waals surface area contributed by atoms with Crippen molar-refractivity contribution >= 4 is 23.2 Å². The molecule has 0 aliphatic heterocycles. The number of rotatable bonds is 4. The molecule has 0 saturated heterocycles. The molecule has 3 heteroatoms. The molecule has 2 nitrogen and oxygen atoms in total. The van der Waals surface area contributed by atoms with Crippen molar-refractivity contribution in [2.24, 2.45) is 5.92 Å². The molecule has 0 heterocycles. The minimum Gasteiger partial charge on any atom is -0.326 e. The molecular weight excluding hydrogens is 222 g/mol. The van der Waals surface area contributed by atoms with Gasteiger partial charge in [-0.1, -0.05) is 18.6 Å². The highest BCUT2D eigenvalue weighted by atomic mass is 35.5. The zero-order valence-electron chi connectivity index (χ0n) is 9.21. The zero-order valence-corrected chi connectivity index (χ0v) is 9.96. The fourth-order valence-electron chi connectivity index (χ4n) is 1.85. The van der Waals surface area contributed by atoms with E-state index in [1.54, 1.807) is 0 Å². The fraction of sp³-hybridized carbons (Fsp3) is 0.462. The van der Waals surface area contributed by atoms with Crippen LogP contribution in [0.5, 0.6) is 0 Å². The number of amides is 1. The minimum absolute atomic E-state index is 0.128. The second-order valence-electron chi connectivity index (χ2n) is 4.38. The number of nitrogens with one attached hydrogen (secondary N) is 1. The Morgan fingerprint density at radius 2 is 2.00 bits per heavy atom. The van der Waals surface area contributed by atoms with Crippen molar-refractivity contribution in [1.29, 1.82) is 0 Å². The standard InChI is InChI=1S/C13H16ClNO/c14-9-11-4-6-12(7-5-11)15-13(16)8-10-2-1-3-10/h4-7,10H,1-3,8-9H2,(H,15,16). The average molecular weight is 238 g/mol. The number of hydrogen-bond acceptors (Lipinski definition) is 1. The molecule has 0 spiro atoms. The fourth-order valence-corrected chi connectivity index (χ4v) is 2.03. The first-order valence-electron chi connectivity index (χ1n) is 5.72. The highest BCUT2D eigenvalue weighted by Crippen LogP contribution is 2.29. The quantitative estimate of drug-likeness (QED) is 0.798. The van der Waals surface area contributed by atoms with Crippen LogP contribution in [0.25, 0.3) is 0 Å². The van der Waals surface area contributed by atoms with Crippen LogP contribution in [-0.4, -0.2) is 5.91 Å². The largest absolute Gasteiger partial charge is 0.326 e. The lowest BCUT2D eigenvalue weighted by atomic mass is 9.83. The van der Waals surface area contributed by atoms with E-state index in [9.17, 15) is 4.79 Å². The molecule has 0 radical (unpaired) electrons. The van der Waals surface area contributed by atoms with Crippen LogP contribution >= 0.6 is 11.6 Å². The molecule has 86 valence electrons. The van der Waals surface area contributed by atoms with Gasteiger partial charge in [0.05, 0.1) is 0 Å². The van der Waals surface area contributed by atoms with E-state index >= 15 is 0 Å². The van der Waals surface area contributed by atoms with Crippen molar-refractivity contribution in [3.8, 4) is 0 Å². The number of carbonyl (C=O) groups is 1. The average Bonchev–Trinajstić information content (AvgIpc) is 2.25. The van der Waals surface area contributed by atoms with Gasteiger partial charge in [-0.25, -0.2) is 0 Å². The zero-order chi connectivity index (χ0) is 11.4. The summed E-state index contributed by atoms with van der Waals surface area (Å²) in [6.07, 6.45) is 4.36. The molecule has 1 aromatic carbocycles. The third-order valence-electron chi connectivity index (χ3n) is 3.09. The van der Waals surface area contributed by atoms with Crippen molar-refractivity contribution < 1.29 is 4.79 Å². The number of alkyl halides is 1. The van der Waals surface area contributed by atoms with E-state index in [0.717, 1.165) is 11.3 Å². The van der Waals surface area contributed by atoms with Gasteiger partial charge >= 0.3 is 0 Å². The van der Waals surface area contributed by atoms with E-state index in [4.69, 9.17) is 11.6 Å². The Morgan fingerprint density at radius 1 is 1.31 bits per heavy atom. The monoisotopic (exact) mass is 237 g/mol. The minimum atomic E-state index is 0.128. The first-order valence-corrected chi connectivity index (χ1v) is 6.26. The number of anilines is 1. The molecule has 1 N–H and O–H groups in total. The predicted molar refractivity (Wildman–Crippen MR) is 66.6 cm³/mol. The van der Waals surface area contributed by atoms with Gasteiger partial charge in [0.2, 0.25) is 5.91 Å². The van der Waals surface area contributed by atoms with Gasteiger partial charge in [-0.2, -0.15) is 0 Å². The number of benzene rings is 1. The van der Waals surface area contributed by atoms with E-state index in [1.165, 1.54) is 19.3 Å². The lowest BCUT2D eigenvalue weighted by Crippen LogP contribution is -2.20. The third-order valence-corrected chi connectivity index (χ3v) is 3.40. The van der Waals surface area contributed by atoms with Crippen molar-refractivity contribution in [3.63, 3.8) is 0 Å². The molecule has 1 aromatic rings. The maximum Gasteiger partial charge on any atom is 0.224 e. The molecule has 1 fully saturated rings. The lowest BCUT2D eigenvalue weighted by Gasteiger charge is -2.24. The second-order valence-corrected chi connectivity index (χ2v) is 4.65. The first kappa shape index (κ1) is 11.5. The van der Waals surface area contributed by atoms with E-state index in [-0.39, 0.29) is 5.91 Å². The van der Waals surface area contributed by atoms with Crippen LogP contribution in [0.1, 0.15) is 31.2 Å². The van der Waals surface area contributed by atoms with Crippen molar-refractivity contribution in [3.05, 3.63) is 29.8 Å². The molecule has 1 amide bonds. The molecule has 0 unspecified atom stereocenters. The number of hydrogen-bond donors (Lipinski definition) is 1. The molecular formula is C13H16ClNO. The Balaban J connectivity index is 1.84. The van der Waals surface area contributed by atoms with Gasteiger partial charge in [0.1, 0.15) is 0 Å². The van der Waals surface area contributed by atoms with Crippen LogP contribution in [-0.2, 0) is 10.7 Å². The van der Waals surface area contributed by atoms with Crippen LogP contribution in [0.15, 0.2) is 24.3 Å². The summed E-state index contributed by atoms with van der Waals surface area (Å²) < 4.78 is 0. The highest BCUT2D eigenvalue weighted by Gasteiger charge is 2.20. The lowest BCUT2D eigenvalue weighted by molar-refractivity contribution is -0.117. The molecule has 2 rings (SSSR count).